The van der Waals surface area contributed by atoms with Gasteiger partial charge < -0.3 is 14.6 Å². The van der Waals surface area contributed by atoms with Gasteiger partial charge in [0.05, 0.1) is 6.54 Å². The molecule has 2 rings (SSSR count). The average Bonchev–Trinajstić information content (AvgIpc) is 3.01. The summed E-state index contributed by atoms with van der Waals surface area (Å²) >= 11 is 0. The lowest BCUT2D eigenvalue weighted by Crippen LogP contribution is -2.38. The summed E-state index contributed by atoms with van der Waals surface area (Å²) in [4.78, 5) is 27.0. The van der Waals surface area contributed by atoms with Gasteiger partial charge in [-0.1, -0.05) is 6.08 Å². The minimum Gasteiger partial charge on any atom is -0.455 e. The molecule has 6 nitrogen and oxygen atoms in total. The largest absolute Gasteiger partial charge is 0.455 e. The number of rotatable bonds is 5. The number of likely N-dealkylation sites (N-methyl/N-ethyl adjacent to an activating group) is 1. The molecule has 0 aliphatic carbocycles. The molecule has 0 spiro atoms. The second kappa shape index (κ2) is 7.46. The van der Waals surface area contributed by atoms with Crippen LogP contribution in [0.3, 0.4) is 0 Å². The Morgan fingerprint density at radius 2 is 2.17 bits per heavy atom. The van der Waals surface area contributed by atoms with Crippen molar-refractivity contribution < 1.29 is 14.0 Å². The van der Waals surface area contributed by atoms with Crippen LogP contribution < -0.4 is 5.32 Å². The van der Waals surface area contributed by atoms with Crippen LogP contribution in [0.4, 0.5) is 0 Å². The van der Waals surface area contributed by atoms with Crippen molar-refractivity contribution in [1.82, 2.24) is 15.1 Å². The SMILES string of the molecule is CNC(=O)c1ccc(CN2CC=C(C(C)N(C)C(C)=O)CC2)o1. The smallest absolute Gasteiger partial charge is 0.286 e. The number of carbonyl (C=O) groups excluding carboxylic acids is 2. The topological polar surface area (TPSA) is 65.8 Å². The van der Waals surface area contributed by atoms with Gasteiger partial charge in [-0.3, -0.25) is 14.5 Å². The first-order valence-corrected chi connectivity index (χ1v) is 7.87. The van der Waals surface area contributed by atoms with E-state index >= 15 is 0 Å². The van der Waals surface area contributed by atoms with Gasteiger partial charge in [0.1, 0.15) is 5.76 Å². The Bertz CT molecular complexity index is 606. The summed E-state index contributed by atoms with van der Waals surface area (Å²) in [6.07, 6.45) is 3.12. The molecule has 23 heavy (non-hydrogen) atoms. The van der Waals surface area contributed by atoms with Crippen LogP contribution in [-0.4, -0.2) is 54.8 Å². The summed E-state index contributed by atoms with van der Waals surface area (Å²) in [5.41, 5.74) is 1.30. The van der Waals surface area contributed by atoms with E-state index in [0.717, 1.165) is 25.3 Å². The van der Waals surface area contributed by atoms with E-state index in [1.54, 1.807) is 24.9 Å². The van der Waals surface area contributed by atoms with Gasteiger partial charge >= 0.3 is 0 Å². The van der Waals surface area contributed by atoms with Crippen LogP contribution in [0.15, 0.2) is 28.2 Å². The van der Waals surface area contributed by atoms with Crippen molar-refractivity contribution in [3.63, 3.8) is 0 Å². The molecular formula is C17H25N3O3. The maximum absolute atomic E-state index is 11.5. The molecule has 1 aliphatic heterocycles. The van der Waals surface area contributed by atoms with Gasteiger partial charge in [-0.15, -0.1) is 0 Å². The Balaban J connectivity index is 1.92. The second-order valence-electron chi connectivity index (χ2n) is 5.92. The molecule has 1 aliphatic rings. The molecule has 2 heterocycles. The number of carbonyl (C=O) groups is 2. The third kappa shape index (κ3) is 4.22. The number of furan rings is 1. The zero-order valence-corrected chi connectivity index (χ0v) is 14.3. The van der Waals surface area contributed by atoms with E-state index in [1.165, 1.54) is 5.57 Å². The van der Waals surface area contributed by atoms with Crippen molar-refractivity contribution in [2.75, 3.05) is 27.2 Å². The second-order valence-corrected chi connectivity index (χ2v) is 5.92. The van der Waals surface area contributed by atoms with E-state index in [-0.39, 0.29) is 17.9 Å². The molecule has 0 bridgehead atoms. The fraction of sp³-hybridized carbons (Fsp3) is 0.529. The van der Waals surface area contributed by atoms with E-state index in [4.69, 9.17) is 4.42 Å². The first kappa shape index (κ1) is 17.3. The molecule has 0 aromatic carbocycles. The summed E-state index contributed by atoms with van der Waals surface area (Å²) in [5.74, 6) is 0.998. The Morgan fingerprint density at radius 1 is 1.43 bits per heavy atom. The van der Waals surface area contributed by atoms with Crippen molar-refractivity contribution >= 4 is 11.8 Å². The maximum Gasteiger partial charge on any atom is 0.286 e. The quantitative estimate of drug-likeness (QED) is 0.838. The predicted molar refractivity (Wildman–Crippen MR) is 88.0 cm³/mol. The first-order chi connectivity index (χ1) is 10.9. The normalized spacial score (nSPS) is 16.6. The van der Waals surface area contributed by atoms with Crippen molar-refractivity contribution in [2.24, 2.45) is 0 Å². The lowest BCUT2D eigenvalue weighted by atomic mass is 10.00. The molecular weight excluding hydrogens is 294 g/mol. The summed E-state index contributed by atoms with van der Waals surface area (Å²) < 4.78 is 5.56. The van der Waals surface area contributed by atoms with E-state index in [2.05, 4.69) is 23.2 Å². The van der Waals surface area contributed by atoms with Gasteiger partial charge in [0.25, 0.3) is 5.91 Å². The number of nitrogens with one attached hydrogen (secondary N) is 1. The third-order valence-electron chi connectivity index (χ3n) is 4.43. The standard InChI is InChI=1S/C17H25N3O3/c1-12(19(4)13(2)21)14-7-9-20(10-8-14)11-15-5-6-16(23-15)17(22)18-3/h5-7,12H,8-11H2,1-4H3,(H,18,22). The van der Waals surface area contributed by atoms with Crippen molar-refractivity contribution in [1.29, 1.82) is 0 Å². The van der Waals surface area contributed by atoms with Crippen LogP contribution in [0.2, 0.25) is 0 Å². The molecule has 1 atom stereocenters. The third-order valence-corrected chi connectivity index (χ3v) is 4.43. The molecule has 1 N–H and O–H groups in total. The molecule has 0 saturated carbocycles. The van der Waals surface area contributed by atoms with Crippen molar-refractivity contribution in [3.8, 4) is 0 Å². The summed E-state index contributed by atoms with van der Waals surface area (Å²) in [6, 6.07) is 3.68. The number of amides is 2. The minimum absolute atomic E-state index is 0.0816. The molecule has 1 aromatic heterocycles. The van der Waals surface area contributed by atoms with E-state index in [1.807, 2.05) is 13.1 Å². The molecule has 0 saturated heterocycles. The van der Waals surface area contributed by atoms with E-state index in [0.29, 0.717) is 12.3 Å². The van der Waals surface area contributed by atoms with E-state index < -0.39 is 0 Å². The van der Waals surface area contributed by atoms with Gasteiger partial charge in [-0.2, -0.15) is 0 Å². The minimum atomic E-state index is -0.210. The number of hydrogen-bond acceptors (Lipinski definition) is 4. The molecule has 1 unspecified atom stereocenters. The van der Waals surface area contributed by atoms with Gasteiger partial charge in [0.2, 0.25) is 5.91 Å². The predicted octanol–water partition coefficient (Wildman–Crippen LogP) is 1.64. The van der Waals surface area contributed by atoms with Crippen LogP contribution in [-0.2, 0) is 11.3 Å². The number of hydrogen-bond donors (Lipinski definition) is 1. The zero-order valence-electron chi connectivity index (χ0n) is 14.3. The molecule has 1 aromatic rings. The molecule has 0 fully saturated rings. The van der Waals surface area contributed by atoms with Crippen molar-refractivity contribution in [2.45, 2.75) is 32.9 Å². The highest BCUT2D eigenvalue weighted by atomic mass is 16.4. The van der Waals surface area contributed by atoms with Gasteiger partial charge in [-0.05, 0) is 31.1 Å². The van der Waals surface area contributed by atoms with Gasteiger partial charge in [-0.25, -0.2) is 0 Å². The maximum atomic E-state index is 11.5. The molecule has 0 radical (unpaired) electrons. The van der Waals surface area contributed by atoms with Crippen LogP contribution in [0, 0.1) is 0 Å². The summed E-state index contributed by atoms with van der Waals surface area (Å²) in [5, 5.41) is 2.55. The van der Waals surface area contributed by atoms with Crippen LogP contribution in [0.1, 0.15) is 36.6 Å². The average molecular weight is 319 g/mol. The summed E-state index contributed by atoms with van der Waals surface area (Å²) in [6.45, 7) is 6.06. The fourth-order valence-electron chi connectivity index (χ4n) is 2.70. The molecule has 6 heteroatoms. The summed E-state index contributed by atoms with van der Waals surface area (Å²) in [7, 11) is 3.42. The van der Waals surface area contributed by atoms with Crippen molar-refractivity contribution in [3.05, 3.63) is 35.3 Å². The highest BCUT2D eigenvalue weighted by Gasteiger charge is 2.21. The highest BCUT2D eigenvalue weighted by molar-refractivity contribution is 5.91. The van der Waals surface area contributed by atoms with Crippen LogP contribution in [0.5, 0.6) is 0 Å². The van der Waals surface area contributed by atoms with E-state index in [9.17, 15) is 9.59 Å². The molecule has 2 amide bonds. The monoisotopic (exact) mass is 319 g/mol. The zero-order chi connectivity index (χ0) is 17.0. The van der Waals surface area contributed by atoms with Gasteiger partial charge in [0, 0.05) is 40.2 Å². The lowest BCUT2D eigenvalue weighted by Gasteiger charge is -2.32. The van der Waals surface area contributed by atoms with Crippen LogP contribution >= 0.6 is 0 Å². The highest BCUT2D eigenvalue weighted by Crippen LogP contribution is 2.20. The Labute approximate surface area is 137 Å². The molecule has 126 valence electrons. The first-order valence-electron chi connectivity index (χ1n) is 7.87. The Hall–Kier alpha value is -2.08. The van der Waals surface area contributed by atoms with Gasteiger partial charge in [0.15, 0.2) is 5.76 Å². The fourth-order valence-corrected chi connectivity index (χ4v) is 2.70. The lowest BCUT2D eigenvalue weighted by molar-refractivity contribution is -0.128. The Morgan fingerprint density at radius 3 is 2.74 bits per heavy atom. The van der Waals surface area contributed by atoms with Crippen LogP contribution in [0.25, 0.3) is 0 Å². The number of nitrogens with zero attached hydrogens (tertiary/aromatic N) is 2. The Kier molecular flexibility index (Phi) is 5.60.